The Bertz CT molecular complexity index is 720. The summed E-state index contributed by atoms with van der Waals surface area (Å²) in [4.78, 5) is 26.3. The molecule has 112 valence electrons. The van der Waals surface area contributed by atoms with Crippen LogP contribution in [-0.2, 0) is 0 Å². The number of nitrogens with one attached hydrogen (secondary N) is 1. The average molecular weight is 296 g/mol. The van der Waals surface area contributed by atoms with E-state index in [0.717, 1.165) is 5.69 Å². The van der Waals surface area contributed by atoms with Gasteiger partial charge in [0.2, 0.25) is 0 Å². The van der Waals surface area contributed by atoms with Gasteiger partial charge in [-0.1, -0.05) is 12.1 Å². The van der Waals surface area contributed by atoms with Crippen LogP contribution in [0.4, 0.5) is 11.4 Å². The van der Waals surface area contributed by atoms with E-state index in [1.165, 1.54) is 4.90 Å². The minimum absolute atomic E-state index is 0.321. The Morgan fingerprint density at radius 1 is 1.05 bits per heavy atom. The van der Waals surface area contributed by atoms with E-state index in [2.05, 4.69) is 5.32 Å². The fraction of sp³-hybridized carbons (Fsp3) is 0.176. The standard InChI is InChI=1S/C17H16N2O3/c1-3-22-15-10-11(18-2)8-9-14(15)19-16(20)12-6-4-5-7-13(12)17(19)21/h4-10,18H,3H2,1-2H3. The molecule has 22 heavy (non-hydrogen) atoms. The number of carbonyl (C=O) groups is 2. The predicted molar refractivity (Wildman–Crippen MR) is 84.7 cm³/mol. The number of nitrogens with zero attached hydrogens (tertiary/aromatic N) is 1. The molecule has 0 saturated carbocycles. The highest BCUT2D eigenvalue weighted by molar-refractivity contribution is 6.34. The number of hydrogen-bond acceptors (Lipinski definition) is 4. The molecule has 0 radical (unpaired) electrons. The number of fused-ring (bicyclic) bond motifs is 1. The van der Waals surface area contributed by atoms with E-state index in [4.69, 9.17) is 4.74 Å². The lowest BCUT2D eigenvalue weighted by molar-refractivity contribution is 0.0925. The number of rotatable bonds is 4. The Labute approximate surface area is 128 Å². The highest BCUT2D eigenvalue weighted by atomic mass is 16.5. The molecule has 0 aromatic heterocycles. The maximum atomic E-state index is 12.6. The molecule has 0 bridgehead atoms. The van der Waals surface area contributed by atoms with Crippen LogP contribution in [-0.4, -0.2) is 25.5 Å². The van der Waals surface area contributed by atoms with E-state index >= 15 is 0 Å². The maximum absolute atomic E-state index is 12.6. The van der Waals surface area contributed by atoms with Crippen LogP contribution in [0.25, 0.3) is 0 Å². The molecule has 5 heteroatoms. The van der Waals surface area contributed by atoms with Gasteiger partial charge in [-0.15, -0.1) is 0 Å². The summed E-state index contributed by atoms with van der Waals surface area (Å²) in [5, 5.41) is 3.01. The van der Waals surface area contributed by atoms with Crippen LogP contribution in [0.3, 0.4) is 0 Å². The van der Waals surface area contributed by atoms with Crippen molar-refractivity contribution in [2.24, 2.45) is 0 Å². The lowest BCUT2D eigenvalue weighted by Gasteiger charge is -2.19. The third-order valence-corrected chi connectivity index (χ3v) is 3.58. The van der Waals surface area contributed by atoms with Crippen LogP contribution in [0.2, 0.25) is 0 Å². The molecular formula is C17H16N2O3. The third-order valence-electron chi connectivity index (χ3n) is 3.58. The van der Waals surface area contributed by atoms with Crippen molar-refractivity contribution < 1.29 is 14.3 Å². The van der Waals surface area contributed by atoms with Crippen molar-refractivity contribution in [3.8, 4) is 5.75 Å². The van der Waals surface area contributed by atoms with Gasteiger partial charge in [0.1, 0.15) is 5.75 Å². The monoisotopic (exact) mass is 296 g/mol. The van der Waals surface area contributed by atoms with Gasteiger partial charge in [-0.3, -0.25) is 9.59 Å². The molecule has 0 saturated heterocycles. The largest absolute Gasteiger partial charge is 0.492 e. The summed E-state index contributed by atoms with van der Waals surface area (Å²) in [5.41, 5.74) is 2.16. The summed E-state index contributed by atoms with van der Waals surface area (Å²) in [6.45, 7) is 2.31. The lowest BCUT2D eigenvalue weighted by Crippen LogP contribution is -2.29. The topological polar surface area (TPSA) is 58.6 Å². The normalized spacial score (nSPS) is 13.3. The van der Waals surface area contributed by atoms with Gasteiger partial charge in [0, 0.05) is 18.8 Å². The molecule has 0 unspecified atom stereocenters. The smallest absolute Gasteiger partial charge is 0.266 e. The Kier molecular flexibility index (Phi) is 3.55. The summed E-state index contributed by atoms with van der Waals surface area (Å²) < 4.78 is 5.60. The number of amides is 2. The molecule has 1 aliphatic heterocycles. The molecule has 1 N–H and O–H groups in total. The molecule has 2 amide bonds. The highest BCUT2D eigenvalue weighted by Gasteiger charge is 2.37. The Morgan fingerprint density at radius 3 is 2.23 bits per heavy atom. The second-order valence-electron chi connectivity index (χ2n) is 4.86. The molecule has 2 aromatic rings. The fourth-order valence-electron chi connectivity index (χ4n) is 2.53. The van der Waals surface area contributed by atoms with Crippen LogP contribution in [0, 0.1) is 0 Å². The average Bonchev–Trinajstić information content (AvgIpc) is 2.80. The predicted octanol–water partition coefficient (Wildman–Crippen LogP) is 2.93. The Hall–Kier alpha value is -2.82. The van der Waals surface area contributed by atoms with E-state index in [-0.39, 0.29) is 11.8 Å². The van der Waals surface area contributed by atoms with Gasteiger partial charge in [0.15, 0.2) is 0 Å². The Morgan fingerprint density at radius 2 is 1.68 bits per heavy atom. The molecule has 3 rings (SSSR count). The van der Waals surface area contributed by atoms with Crippen molar-refractivity contribution in [3.63, 3.8) is 0 Å². The molecule has 0 atom stereocenters. The maximum Gasteiger partial charge on any atom is 0.266 e. The van der Waals surface area contributed by atoms with Crippen LogP contribution in [0.1, 0.15) is 27.6 Å². The number of anilines is 2. The number of hydrogen-bond donors (Lipinski definition) is 1. The van der Waals surface area contributed by atoms with Gasteiger partial charge in [-0.25, -0.2) is 4.90 Å². The molecule has 1 heterocycles. The van der Waals surface area contributed by atoms with Crippen molar-refractivity contribution in [1.82, 2.24) is 0 Å². The fourth-order valence-corrected chi connectivity index (χ4v) is 2.53. The van der Waals surface area contributed by atoms with Gasteiger partial charge in [-0.05, 0) is 31.2 Å². The minimum Gasteiger partial charge on any atom is -0.492 e. The van der Waals surface area contributed by atoms with Crippen LogP contribution >= 0.6 is 0 Å². The number of benzene rings is 2. The van der Waals surface area contributed by atoms with Crippen LogP contribution in [0.5, 0.6) is 5.75 Å². The summed E-state index contributed by atoms with van der Waals surface area (Å²) >= 11 is 0. The van der Waals surface area contributed by atoms with Crippen molar-refractivity contribution in [3.05, 3.63) is 53.6 Å². The summed E-state index contributed by atoms with van der Waals surface area (Å²) in [5.74, 6) is -0.138. The van der Waals surface area contributed by atoms with Crippen molar-refractivity contribution in [2.75, 3.05) is 23.9 Å². The third kappa shape index (κ3) is 2.11. The van der Waals surface area contributed by atoms with Crippen LogP contribution in [0.15, 0.2) is 42.5 Å². The van der Waals surface area contributed by atoms with Gasteiger partial charge in [0.05, 0.1) is 23.4 Å². The van der Waals surface area contributed by atoms with Gasteiger partial charge >= 0.3 is 0 Å². The lowest BCUT2D eigenvalue weighted by atomic mass is 10.1. The van der Waals surface area contributed by atoms with E-state index in [0.29, 0.717) is 29.2 Å². The first kappa shape index (κ1) is 14.1. The SMILES string of the molecule is CCOc1cc(NC)ccc1N1C(=O)c2ccccc2C1=O. The minimum atomic E-state index is -0.321. The van der Waals surface area contributed by atoms with E-state index in [1.807, 2.05) is 6.92 Å². The molecule has 0 aliphatic carbocycles. The molecule has 5 nitrogen and oxygen atoms in total. The summed E-state index contributed by atoms with van der Waals surface area (Å²) in [7, 11) is 1.80. The van der Waals surface area contributed by atoms with Crippen molar-refractivity contribution in [2.45, 2.75) is 6.92 Å². The zero-order chi connectivity index (χ0) is 15.7. The highest BCUT2D eigenvalue weighted by Crippen LogP contribution is 2.36. The quantitative estimate of drug-likeness (QED) is 0.881. The molecule has 0 spiro atoms. The van der Waals surface area contributed by atoms with Crippen molar-refractivity contribution in [1.29, 1.82) is 0 Å². The second-order valence-corrected chi connectivity index (χ2v) is 4.86. The zero-order valence-corrected chi connectivity index (χ0v) is 12.4. The van der Waals surface area contributed by atoms with E-state index < -0.39 is 0 Å². The van der Waals surface area contributed by atoms with Gasteiger partial charge < -0.3 is 10.1 Å². The van der Waals surface area contributed by atoms with Gasteiger partial charge in [-0.2, -0.15) is 0 Å². The van der Waals surface area contributed by atoms with Crippen molar-refractivity contribution >= 4 is 23.2 Å². The first-order valence-electron chi connectivity index (χ1n) is 7.09. The summed E-state index contributed by atoms with van der Waals surface area (Å²) in [6.07, 6.45) is 0. The van der Waals surface area contributed by atoms with Gasteiger partial charge in [0.25, 0.3) is 11.8 Å². The first-order chi connectivity index (χ1) is 10.7. The Balaban J connectivity index is 2.09. The number of imide groups is 1. The zero-order valence-electron chi connectivity index (χ0n) is 12.4. The first-order valence-corrected chi connectivity index (χ1v) is 7.09. The van der Waals surface area contributed by atoms with E-state index in [1.54, 1.807) is 49.5 Å². The molecular weight excluding hydrogens is 280 g/mol. The second kappa shape index (κ2) is 5.52. The van der Waals surface area contributed by atoms with Crippen LogP contribution < -0.4 is 15.0 Å². The summed E-state index contributed by atoms with van der Waals surface area (Å²) in [6, 6.07) is 12.1. The van der Waals surface area contributed by atoms with E-state index in [9.17, 15) is 9.59 Å². The number of carbonyl (C=O) groups excluding carboxylic acids is 2. The molecule has 2 aromatic carbocycles. The molecule has 0 fully saturated rings. The number of ether oxygens (including phenoxy) is 1. The molecule has 1 aliphatic rings.